The third-order valence-electron chi connectivity index (χ3n) is 1.67. The third-order valence-corrected chi connectivity index (χ3v) is 2.00. The number of rotatable bonds is 0. The predicted molar refractivity (Wildman–Crippen MR) is 47.8 cm³/mol. The second-order valence-corrected chi connectivity index (χ2v) is 2.79. The van der Waals surface area contributed by atoms with Crippen molar-refractivity contribution in [2.45, 2.75) is 0 Å². The quantitative estimate of drug-likeness (QED) is 0.556. The van der Waals surface area contributed by atoms with Crippen molar-refractivity contribution in [3.8, 4) is 0 Å². The molecule has 0 aromatic heterocycles. The Kier molecular flexibility index (Phi) is 1.55. The van der Waals surface area contributed by atoms with Crippen LogP contribution in [0, 0.1) is 6.07 Å². The van der Waals surface area contributed by atoms with Crippen LogP contribution in [0.1, 0.15) is 0 Å². The largest absolute Gasteiger partial charge is 0.0837 e. The van der Waals surface area contributed by atoms with E-state index >= 15 is 0 Å². The molecule has 1 heteroatoms. The molecule has 0 heterocycles. The average molecular weight is 162 g/mol. The normalized spacial score (nSPS) is 10.3. The van der Waals surface area contributed by atoms with E-state index in [1.165, 1.54) is 0 Å². The van der Waals surface area contributed by atoms with Crippen LogP contribution >= 0.6 is 11.6 Å². The molecule has 2 aromatic rings. The summed E-state index contributed by atoms with van der Waals surface area (Å²) in [6.45, 7) is 0. The lowest BCUT2D eigenvalue weighted by Crippen LogP contribution is -1.71. The van der Waals surface area contributed by atoms with E-state index in [1.54, 1.807) is 0 Å². The molecule has 1 radical (unpaired) electrons. The van der Waals surface area contributed by atoms with Gasteiger partial charge in [0.15, 0.2) is 0 Å². The molecule has 0 aliphatic carbocycles. The van der Waals surface area contributed by atoms with Crippen LogP contribution in [0.5, 0.6) is 0 Å². The summed E-state index contributed by atoms with van der Waals surface area (Å²) in [5.41, 5.74) is 0. The molecule has 0 amide bonds. The van der Waals surface area contributed by atoms with Gasteiger partial charge < -0.3 is 0 Å². The smallest absolute Gasteiger partial charge is 0.0484 e. The van der Waals surface area contributed by atoms with Crippen molar-refractivity contribution in [3.63, 3.8) is 0 Å². The van der Waals surface area contributed by atoms with Gasteiger partial charge in [0.05, 0.1) is 0 Å². The number of halogens is 1. The van der Waals surface area contributed by atoms with Gasteiger partial charge in [-0.3, -0.25) is 0 Å². The van der Waals surface area contributed by atoms with Crippen molar-refractivity contribution in [1.29, 1.82) is 0 Å². The molecular formula is C10H6Cl. The van der Waals surface area contributed by atoms with Crippen LogP contribution in [0.2, 0.25) is 5.02 Å². The van der Waals surface area contributed by atoms with Gasteiger partial charge in [0.25, 0.3) is 0 Å². The highest BCUT2D eigenvalue weighted by Crippen LogP contribution is 2.21. The van der Waals surface area contributed by atoms with E-state index in [0.29, 0.717) is 0 Å². The van der Waals surface area contributed by atoms with E-state index in [9.17, 15) is 0 Å². The summed E-state index contributed by atoms with van der Waals surface area (Å²) in [7, 11) is 0. The average Bonchev–Trinajstić information content (AvgIpc) is 2.06. The first kappa shape index (κ1) is 6.68. The van der Waals surface area contributed by atoms with Crippen LogP contribution in [0.25, 0.3) is 10.8 Å². The fraction of sp³-hybridized carbons (Fsp3) is 0. The van der Waals surface area contributed by atoms with Crippen molar-refractivity contribution < 1.29 is 0 Å². The monoisotopic (exact) mass is 161 g/mol. The minimum Gasteiger partial charge on any atom is -0.0837 e. The zero-order chi connectivity index (χ0) is 7.68. The van der Waals surface area contributed by atoms with Crippen LogP contribution in [-0.2, 0) is 0 Å². The Morgan fingerprint density at radius 3 is 2.91 bits per heavy atom. The van der Waals surface area contributed by atoms with Crippen LogP contribution < -0.4 is 0 Å². The van der Waals surface area contributed by atoms with Crippen molar-refractivity contribution in [2.24, 2.45) is 0 Å². The maximum atomic E-state index is 5.94. The van der Waals surface area contributed by atoms with E-state index in [2.05, 4.69) is 6.07 Å². The summed E-state index contributed by atoms with van der Waals surface area (Å²) in [6, 6.07) is 14.7. The first-order valence-electron chi connectivity index (χ1n) is 3.42. The van der Waals surface area contributed by atoms with Crippen molar-refractivity contribution in [2.75, 3.05) is 0 Å². The van der Waals surface area contributed by atoms with E-state index in [1.807, 2.05) is 36.4 Å². The van der Waals surface area contributed by atoms with Crippen molar-refractivity contribution in [1.82, 2.24) is 0 Å². The van der Waals surface area contributed by atoms with Gasteiger partial charge >= 0.3 is 0 Å². The minimum absolute atomic E-state index is 0.791. The van der Waals surface area contributed by atoms with Crippen molar-refractivity contribution in [3.05, 3.63) is 47.5 Å². The second-order valence-electron chi connectivity index (χ2n) is 2.39. The zero-order valence-electron chi connectivity index (χ0n) is 5.84. The molecule has 0 saturated heterocycles. The predicted octanol–water partition coefficient (Wildman–Crippen LogP) is 3.29. The molecule has 0 aliphatic rings. The first-order chi connectivity index (χ1) is 5.38. The molecule has 0 aliphatic heterocycles. The lowest BCUT2D eigenvalue weighted by Gasteiger charge is -1.96. The molecule has 53 valence electrons. The fourth-order valence-electron chi connectivity index (χ4n) is 1.12. The molecule has 2 rings (SSSR count). The molecule has 0 unspecified atom stereocenters. The second kappa shape index (κ2) is 2.55. The van der Waals surface area contributed by atoms with Gasteiger partial charge in [-0.2, -0.15) is 0 Å². The molecule has 0 fully saturated rings. The lowest BCUT2D eigenvalue weighted by atomic mass is 10.1. The maximum Gasteiger partial charge on any atom is 0.0484 e. The molecule has 0 bridgehead atoms. The van der Waals surface area contributed by atoms with Crippen LogP contribution in [0.3, 0.4) is 0 Å². The van der Waals surface area contributed by atoms with E-state index in [0.717, 1.165) is 15.8 Å². The van der Waals surface area contributed by atoms with Gasteiger partial charge in [0.1, 0.15) is 0 Å². The van der Waals surface area contributed by atoms with Crippen LogP contribution in [0.15, 0.2) is 36.4 Å². The zero-order valence-corrected chi connectivity index (χ0v) is 6.60. The summed E-state index contributed by atoms with van der Waals surface area (Å²) in [6.07, 6.45) is 0. The molecule has 11 heavy (non-hydrogen) atoms. The molecule has 0 spiro atoms. The number of hydrogen-bond acceptors (Lipinski definition) is 0. The molecule has 0 nitrogen and oxygen atoms in total. The van der Waals surface area contributed by atoms with Crippen LogP contribution in [-0.4, -0.2) is 0 Å². The summed E-state index contributed by atoms with van der Waals surface area (Å²) in [4.78, 5) is 0. The standard InChI is InChI=1S/C10H6Cl/c11-10-7-3-5-8-4-1-2-6-9(8)10/h1,3-7H. The van der Waals surface area contributed by atoms with Gasteiger partial charge in [-0.25, -0.2) is 0 Å². The number of hydrogen-bond donors (Lipinski definition) is 0. The van der Waals surface area contributed by atoms with E-state index in [4.69, 9.17) is 11.6 Å². The third kappa shape index (κ3) is 1.10. The van der Waals surface area contributed by atoms with Gasteiger partial charge in [0.2, 0.25) is 0 Å². The van der Waals surface area contributed by atoms with Gasteiger partial charge in [-0.15, -0.1) is 0 Å². The van der Waals surface area contributed by atoms with Gasteiger partial charge in [-0.05, 0) is 23.6 Å². The van der Waals surface area contributed by atoms with E-state index < -0.39 is 0 Å². The SMILES string of the molecule is Clc1cccc2cc[c]cc12. The summed E-state index contributed by atoms with van der Waals surface area (Å²) >= 11 is 5.94. The molecule has 0 saturated carbocycles. The molecule has 0 atom stereocenters. The Labute approximate surface area is 70.4 Å². The highest BCUT2D eigenvalue weighted by Gasteiger charge is 1.94. The summed E-state index contributed by atoms with van der Waals surface area (Å²) in [5.74, 6) is 0. The Bertz CT molecular complexity index is 374. The van der Waals surface area contributed by atoms with Gasteiger partial charge in [-0.1, -0.05) is 35.9 Å². The minimum atomic E-state index is 0.791. The molecule has 2 aromatic carbocycles. The molecular weight excluding hydrogens is 156 g/mol. The highest BCUT2D eigenvalue weighted by atomic mass is 35.5. The lowest BCUT2D eigenvalue weighted by molar-refractivity contribution is 1.74. The van der Waals surface area contributed by atoms with Crippen molar-refractivity contribution >= 4 is 22.4 Å². The van der Waals surface area contributed by atoms with E-state index in [-0.39, 0.29) is 0 Å². The number of benzene rings is 2. The Hall–Kier alpha value is -1.01. The summed E-state index contributed by atoms with van der Waals surface area (Å²) in [5, 5.41) is 3.02. The van der Waals surface area contributed by atoms with Gasteiger partial charge in [0, 0.05) is 10.4 Å². The molecule has 0 N–H and O–H groups in total. The maximum absolute atomic E-state index is 5.94. The number of fused-ring (bicyclic) bond motifs is 1. The fourth-order valence-corrected chi connectivity index (χ4v) is 1.36. The summed E-state index contributed by atoms with van der Waals surface area (Å²) < 4.78 is 0. The Balaban J connectivity index is 2.91. The first-order valence-corrected chi connectivity index (χ1v) is 3.80. The Morgan fingerprint density at radius 1 is 1.18 bits per heavy atom. The van der Waals surface area contributed by atoms with Crippen LogP contribution in [0.4, 0.5) is 0 Å². The highest BCUT2D eigenvalue weighted by molar-refractivity contribution is 6.35. The topological polar surface area (TPSA) is 0 Å². The Morgan fingerprint density at radius 2 is 2.09 bits per heavy atom.